The molecule has 150 valence electrons. The topological polar surface area (TPSA) is 93.2 Å². The standard InChI is InChI=1S/C19H30N4O4/c1-5-20-19(22-9-8-21-18(24)13-6-7-13)23-12-14-10-16(26-3)17(27-4)11-15(14)25-2/h10-11,13H,5-9,12H2,1-4H3,(H,21,24)(H2,20,22,23). The molecule has 1 aliphatic carbocycles. The minimum Gasteiger partial charge on any atom is -0.496 e. The number of amides is 1. The van der Waals surface area contributed by atoms with E-state index in [1.165, 1.54) is 0 Å². The highest BCUT2D eigenvalue weighted by molar-refractivity contribution is 5.81. The molecule has 0 unspecified atom stereocenters. The molecule has 2 rings (SSSR count). The van der Waals surface area contributed by atoms with Gasteiger partial charge in [0, 0.05) is 37.2 Å². The second kappa shape index (κ2) is 10.5. The van der Waals surface area contributed by atoms with Crippen LogP contribution in [0.25, 0.3) is 0 Å². The van der Waals surface area contributed by atoms with Crippen LogP contribution in [0.15, 0.2) is 17.1 Å². The van der Waals surface area contributed by atoms with Crippen molar-refractivity contribution in [2.75, 3.05) is 41.0 Å². The second-order valence-corrected chi connectivity index (χ2v) is 6.21. The van der Waals surface area contributed by atoms with Crippen molar-refractivity contribution >= 4 is 11.9 Å². The first-order valence-electron chi connectivity index (χ1n) is 9.21. The number of hydrogen-bond acceptors (Lipinski definition) is 5. The van der Waals surface area contributed by atoms with Crippen molar-refractivity contribution in [2.24, 2.45) is 10.9 Å². The first-order chi connectivity index (χ1) is 13.1. The van der Waals surface area contributed by atoms with Crippen molar-refractivity contribution in [2.45, 2.75) is 26.3 Å². The lowest BCUT2D eigenvalue weighted by molar-refractivity contribution is -0.122. The van der Waals surface area contributed by atoms with Crippen LogP contribution in [0.2, 0.25) is 0 Å². The monoisotopic (exact) mass is 378 g/mol. The zero-order chi connectivity index (χ0) is 19.6. The summed E-state index contributed by atoms with van der Waals surface area (Å²) in [5, 5.41) is 9.34. The van der Waals surface area contributed by atoms with E-state index in [1.54, 1.807) is 27.4 Å². The van der Waals surface area contributed by atoms with Crippen LogP contribution in [-0.2, 0) is 11.3 Å². The normalized spacial score (nSPS) is 13.7. The van der Waals surface area contributed by atoms with Crippen LogP contribution in [0.3, 0.4) is 0 Å². The lowest BCUT2D eigenvalue weighted by Gasteiger charge is -2.14. The van der Waals surface area contributed by atoms with Gasteiger partial charge in [0.25, 0.3) is 0 Å². The number of nitrogens with one attached hydrogen (secondary N) is 3. The van der Waals surface area contributed by atoms with E-state index in [1.807, 2.05) is 13.0 Å². The predicted octanol–water partition coefficient (Wildman–Crippen LogP) is 1.29. The van der Waals surface area contributed by atoms with Crippen molar-refractivity contribution in [1.29, 1.82) is 0 Å². The lowest BCUT2D eigenvalue weighted by Crippen LogP contribution is -2.41. The number of guanidine groups is 1. The Morgan fingerprint density at radius 3 is 2.22 bits per heavy atom. The fraction of sp³-hybridized carbons (Fsp3) is 0.579. The van der Waals surface area contributed by atoms with Gasteiger partial charge in [-0.05, 0) is 25.8 Å². The summed E-state index contributed by atoms with van der Waals surface area (Å²) in [7, 11) is 4.80. The number of nitrogens with zero attached hydrogens (tertiary/aromatic N) is 1. The van der Waals surface area contributed by atoms with Crippen LogP contribution in [0.1, 0.15) is 25.3 Å². The zero-order valence-electron chi connectivity index (χ0n) is 16.6. The minimum absolute atomic E-state index is 0.147. The molecule has 0 heterocycles. The van der Waals surface area contributed by atoms with Gasteiger partial charge in [-0.25, -0.2) is 4.99 Å². The van der Waals surface area contributed by atoms with E-state index in [0.29, 0.717) is 42.8 Å². The molecular formula is C19H30N4O4. The van der Waals surface area contributed by atoms with E-state index in [-0.39, 0.29) is 11.8 Å². The number of ether oxygens (including phenoxy) is 3. The molecule has 8 heteroatoms. The Labute approximate surface area is 160 Å². The summed E-state index contributed by atoms with van der Waals surface area (Å²) >= 11 is 0. The van der Waals surface area contributed by atoms with Crippen LogP contribution in [0, 0.1) is 5.92 Å². The Hall–Kier alpha value is -2.64. The van der Waals surface area contributed by atoms with Crippen molar-refractivity contribution in [3.63, 3.8) is 0 Å². The summed E-state index contributed by atoms with van der Waals surface area (Å²) in [4.78, 5) is 16.2. The molecule has 3 N–H and O–H groups in total. The molecule has 1 amide bonds. The van der Waals surface area contributed by atoms with E-state index >= 15 is 0 Å². The van der Waals surface area contributed by atoms with Gasteiger partial charge < -0.3 is 30.2 Å². The number of carbonyl (C=O) groups excluding carboxylic acids is 1. The molecule has 8 nitrogen and oxygen atoms in total. The smallest absolute Gasteiger partial charge is 0.223 e. The van der Waals surface area contributed by atoms with Crippen LogP contribution >= 0.6 is 0 Å². The number of rotatable bonds is 10. The average molecular weight is 378 g/mol. The molecule has 1 aromatic rings. The zero-order valence-corrected chi connectivity index (χ0v) is 16.6. The van der Waals surface area contributed by atoms with Gasteiger partial charge in [0.05, 0.1) is 27.9 Å². The lowest BCUT2D eigenvalue weighted by atomic mass is 10.1. The fourth-order valence-corrected chi connectivity index (χ4v) is 2.58. The molecule has 0 spiro atoms. The van der Waals surface area contributed by atoms with E-state index in [2.05, 4.69) is 20.9 Å². The van der Waals surface area contributed by atoms with Crippen molar-refractivity contribution in [1.82, 2.24) is 16.0 Å². The number of benzene rings is 1. The quantitative estimate of drug-likeness (QED) is 0.323. The van der Waals surface area contributed by atoms with Gasteiger partial charge >= 0.3 is 0 Å². The highest BCUT2D eigenvalue weighted by Crippen LogP contribution is 2.34. The highest BCUT2D eigenvalue weighted by Gasteiger charge is 2.28. The maximum Gasteiger partial charge on any atom is 0.223 e. The van der Waals surface area contributed by atoms with E-state index in [0.717, 1.165) is 24.9 Å². The van der Waals surface area contributed by atoms with E-state index in [4.69, 9.17) is 14.2 Å². The fourth-order valence-electron chi connectivity index (χ4n) is 2.58. The third-order valence-corrected chi connectivity index (χ3v) is 4.20. The van der Waals surface area contributed by atoms with Crippen LogP contribution in [-0.4, -0.2) is 52.8 Å². The summed E-state index contributed by atoms with van der Waals surface area (Å²) < 4.78 is 16.1. The average Bonchev–Trinajstić information content (AvgIpc) is 3.53. The summed E-state index contributed by atoms with van der Waals surface area (Å²) in [6.07, 6.45) is 2.02. The van der Waals surface area contributed by atoms with Gasteiger partial charge in [0.2, 0.25) is 5.91 Å². The highest BCUT2D eigenvalue weighted by atomic mass is 16.5. The van der Waals surface area contributed by atoms with Gasteiger partial charge in [-0.15, -0.1) is 0 Å². The number of methoxy groups -OCH3 is 3. The minimum atomic E-state index is 0.147. The molecule has 0 bridgehead atoms. The van der Waals surface area contributed by atoms with E-state index < -0.39 is 0 Å². The maximum atomic E-state index is 11.6. The Bertz CT molecular complexity index is 659. The molecule has 0 aliphatic heterocycles. The maximum absolute atomic E-state index is 11.6. The van der Waals surface area contributed by atoms with Crippen LogP contribution in [0.4, 0.5) is 0 Å². The van der Waals surface area contributed by atoms with E-state index in [9.17, 15) is 4.79 Å². The van der Waals surface area contributed by atoms with Gasteiger partial charge in [-0.3, -0.25) is 4.79 Å². The first-order valence-corrected chi connectivity index (χ1v) is 9.21. The molecule has 27 heavy (non-hydrogen) atoms. The molecule has 0 radical (unpaired) electrons. The van der Waals surface area contributed by atoms with Crippen LogP contribution < -0.4 is 30.2 Å². The van der Waals surface area contributed by atoms with Gasteiger partial charge in [0.1, 0.15) is 5.75 Å². The summed E-state index contributed by atoms with van der Waals surface area (Å²) in [5.74, 6) is 2.97. The molecule has 0 aromatic heterocycles. The van der Waals surface area contributed by atoms with Gasteiger partial charge in [0.15, 0.2) is 17.5 Å². The Morgan fingerprint density at radius 2 is 1.63 bits per heavy atom. The summed E-state index contributed by atoms with van der Waals surface area (Å²) in [5.41, 5.74) is 0.884. The largest absolute Gasteiger partial charge is 0.496 e. The number of carbonyl (C=O) groups is 1. The first kappa shape index (κ1) is 20.7. The second-order valence-electron chi connectivity index (χ2n) is 6.21. The molecule has 1 aliphatic rings. The van der Waals surface area contributed by atoms with Crippen LogP contribution in [0.5, 0.6) is 17.2 Å². The number of hydrogen-bond donors (Lipinski definition) is 3. The molecule has 1 fully saturated rings. The SMILES string of the molecule is CCNC(=NCc1cc(OC)c(OC)cc1OC)NCCNC(=O)C1CC1. The van der Waals surface area contributed by atoms with Crippen molar-refractivity contribution < 1.29 is 19.0 Å². The summed E-state index contributed by atoms with van der Waals surface area (Å²) in [6, 6.07) is 3.65. The predicted molar refractivity (Wildman–Crippen MR) is 105 cm³/mol. The molecular weight excluding hydrogens is 348 g/mol. The van der Waals surface area contributed by atoms with Crippen molar-refractivity contribution in [3.8, 4) is 17.2 Å². The van der Waals surface area contributed by atoms with Crippen molar-refractivity contribution in [3.05, 3.63) is 17.7 Å². The Balaban J connectivity index is 1.96. The van der Waals surface area contributed by atoms with Gasteiger partial charge in [-0.2, -0.15) is 0 Å². The third-order valence-electron chi connectivity index (χ3n) is 4.20. The molecule has 0 saturated heterocycles. The Kier molecular flexibility index (Phi) is 8.03. The van der Waals surface area contributed by atoms with Gasteiger partial charge in [-0.1, -0.05) is 0 Å². The molecule has 1 saturated carbocycles. The molecule has 1 aromatic carbocycles. The summed E-state index contributed by atoms with van der Waals surface area (Å²) in [6.45, 7) is 4.33. The third kappa shape index (κ3) is 6.23. The number of aliphatic imine (C=N–C) groups is 1. The molecule has 0 atom stereocenters. The Morgan fingerprint density at radius 1 is 1.00 bits per heavy atom.